The first-order valence-corrected chi connectivity index (χ1v) is 7.70. The molecule has 0 heterocycles. The molecule has 2 N–H and O–H groups in total. The van der Waals surface area contributed by atoms with E-state index in [0.717, 1.165) is 0 Å². The molecule has 0 bridgehead atoms. The summed E-state index contributed by atoms with van der Waals surface area (Å²) in [7, 11) is -3.32. The second kappa shape index (κ2) is 7.94. The second-order valence-electron chi connectivity index (χ2n) is 3.59. The van der Waals surface area contributed by atoms with Gasteiger partial charge in [0, 0.05) is 5.69 Å². The van der Waals surface area contributed by atoms with Crippen LogP contribution in [0, 0.1) is 0 Å². The highest BCUT2D eigenvalue weighted by molar-refractivity contribution is 7.58. The normalized spacial score (nSPS) is 13.6. The number of carbonyl (C=O) groups is 1. The minimum absolute atomic E-state index is 0.176. The van der Waals surface area contributed by atoms with Gasteiger partial charge in [-0.1, -0.05) is 18.2 Å². The second-order valence-corrected chi connectivity index (χ2v) is 5.49. The number of para-hydroxylation sites is 1. The predicted molar refractivity (Wildman–Crippen MR) is 73.9 cm³/mol. The molecular weight excluding hydrogens is 267 g/mol. The molecule has 0 saturated carbocycles. The van der Waals surface area contributed by atoms with Gasteiger partial charge in [0.05, 0.1) is 13.2 Å². The van der Waals surface area contributed by atoms with E-state index in [1.165, 1.54) is 0 Å². The molecular formula is C12H19N2O4P. The lowest BCUT2D eigenvalue weighted by molar-refractivity contribution is -0.141. The number of ether oxygens (including phenoxy) is 1. The Labute approximate surface area is 113 Å². The largest absolute Gasteiger partial charge is 0.465 e. The van der Waals surface area contributed by atoms with Crippen molar-refractivity contribution in [2.75, 3.05) is 24.8 Å². The molecule has 1 rings (SSSR count). The van der Waals surface area contributed by atoms with Crippen LogP contribution in [0.5, 0.6) is 0 Å². The average Bonchev–Trinajstić information content (AvgIpc) is 2.38. The summed E-state index contributed by atoms with van der Waals surface area (Å²) in [6.45, 7) is 3.80. The summed E-state index contributed by atoms with van der Waals surface area (Å²) in [5.41, 5.74) is 0.649. The highest BCUT2D eigenvalue weighted by Crippen LogP contribution is 2.41. The summed E-state index contributed by atoms with van der Waals surface area (Å²) >= 11 is 0. The monoisotopic (exact) mass is 286 g/mol. The van der Waals surface area contributed by atoms with Crippen LogP contribution in [0.1, 0.15) is 13.8 Å². The summed E-state index contributed by atoms with van der Waals surface area (Å²) in [4.78, 5) is 11.3. The van der Waals surface area contributed by atoms with E-state index in [1.807, 2.05) is 18.2 Å². The van der Waals surface area contributed by atoms with Crippen LogP contribution in [0.25, 0.3) is 0 Å². The van der Waals surface area contributed by atoms with Crippen molar-refractivity contribution in [3.63, 3.8) is 0 Å². The van der Waals surface area contributed by atoms with Gasteiger partial charge in [-0.3, -0.25) is 4.79 Å². The number of esters is 1. The maximum atomic E-state index is 12.4. The summed E-state index contributed by atoms with van der Waals surface area (Å²) in [6.07, 6.45) is 0. The van der Waals surface area contributed by atoms with E-state index in [0.29, 0.717) is 5.69 Å². The van der Waals surface area contributed by atoms with Crippen molar-refractivity contribution >= 4 is 19.3 Å². The number of hydrogen-bond acceptors (Lipinski definition) is 4. The van der Waals surface area contributed by atoms with Crippen molar-refractivity contribution in [1.29, 1.82) is 0 Å². The molecule has 19 heavy (non-hydrogen) atoms. The summed E-state index contributed by atoms with van der Waals surface area (Å²) in [5, 5.41) is 5.35. The molecule has 6 nitrogen and oxygen atoms in total. The molecule has 7 heteroatoms. The molecule has 0 aromatic heterocycles. The molecule has 0 fully saturated rings. The van der Waals surface area contributed by atoms with Gasteiger partial charge in [0.1, 0.15) is 6.54 Å². The summed E-state index contributed by atoms with van der Waals surface area (Å²) in [6, 6.07) is 8.99. The molecule has 0 amide bonds. The van der Waals surface area contributed by atoms with Crippen LogP contribution < -0.4 is 10.2 Å². The highest BCUT2D eigenvalue weighted by atomic mass is 31.2. The van der Waals surface area contributed by atoms with Crippen LogP contribution in [0.4, 0.5) is 5.69 Å². The fourth-order valence-electron chi connectivity index (χ4n) is 1.36. The van der Waals surface area contributed by atoms with E-state index in [4.69, 9.17) is 9.26 Å². The Hall–Kier alpha value is -1.36. The maximum absolute atomic E-state index is 12.4. The fourth-order valence-corrected chi connectivity index (χ4v) is 2.79. The lowest BCUT2D eigenvalue weighted by Crippen LogP contribution is -2.26. The third kappa shape index (κ3) is 5.87. The van der Waals surface area contributed by atoms with E-state index in [-0.39, 0.29) is 19.8 Å². The van der Waals surface area contributed by atoms with Gasteiger partial charge in [-0.25, -0.2) is 9.65 Å². The zero-order valence-corrected chi connectivity index (χ0v) is 12.0. The number of nitrogens with one attached hydrogen (secondary N) is 2. The van der Waals surface area contributed by atoms with Gasteiger partial charge in [0.25, 0.3) is 0 Å². The van der Waals surface area contributed by atoms with Crippen LogP contribution in [0.2, 0.25) is 0 Å². The van der Waals surface area contributed by atoms with E-state index in [2.05, 4.69) is 10.2 Å². The Bertz CT molecular complexity index is 439. The highest BCUT2D eigenvalue weighted by Gasteiger charge is 2.23. The third-order valence-electron chi connectivity index (χ3n) is 2.10. The smallest absolute Gasteiger partial charge is 0.366 e. The van der Waals surface area contributed by atoms with Crippen molar-refractivity contribution in [2.45, 2.75) is 13.8 Å². The molecule has 106 valence electrons. The Morgan fingerprint density at radius 2 is 1.89 bits per heavy atom. The van der Waals surface area contributed by atoms with Crippen molar-refractivity contribution in [1.82, 2.24) is 5.09 Å². The first kappa shape index (κ1) is 15.7. The maximum Gasteiger partial charge on any atom is 0.366 e. The van der Waals surface area contributed by atoms with Gasteiger partial charge in [0.2, 0.25) is 0 Å². The fraction of sp³-hybridized carbons (Fsp3) is 0.417. The van der Waals surface area contributed by atoms with E-state index in [1.54, 1.807) is 26.0 Å². The molecule has 1 atom stereocenters. The van der Waals surface area contributed by atoms with Crippen molar-refractivity contribution in [2.24, 2.45) is 0 Å². The van der Waals surface area contributed by atoms with Gasteiger partial charge >= 0.3 is 13.6 Å². The molecule has 1 unspecified atom stereocenters. The van der Waals surface area contributed by atoms with Crippen molar-refractivity contribution < 1.29 is 18.6 Å². The van der Waals surface area contributed by atoms with Crippen LogP contribution in [0.15, 0.2) is 30.3 Å². The molecule has 1 aromatic carbocycles. The Balaban J connectivity index is 2.63. The minimum atomic E-state index is -3.32. The molecule has 0 aliphatic heterocycles. The van der Waals surface area contributed by atoms with E-state index >= 15 is 0 Å². The number of carbonyl (C=O) groups excluding carboxylic acids is 1. The van der Waals surface area contributed by atoms with Crippen LogP contribution in [-0.2, 0) is 18.6 Å². The van der Waals surface area contributed by atoms with Crippen LogP contribution >= 0.6 is 7.67 Å². The molecule has 1 aromatic rings. The Morgan fingerprint density at radius 3 is 2.47 bits per heavy atom. The Kier molecular flexibility index (Phi) is 6.56. The zero-order valence-electron chi connectivity index (χ0n) is 11.1. The number of hydrogen-bond donors (Lipinski definition) is 2. The lowest BCUT2D eigenvalue weighted by Gasteiger charge is -2.20. The molecule has 0 aliphatic carbocycles. The van der Waals surface area contributed by atoms with Crippen molar-refractivity contribution in [3.8, 4) is 0 Å². The van der Waals surface area contributed by atoms with E-state index < -0.39 is 13.6 Å². The van der Waals surface area contributed by atoms with E-state index in [9.17, 15) is 9.36 Å². The lowest BCUT2D eigenvalue weighted by atomic mass is 10.3. The summed E-state index contributed by atoms with van der Waals surface area (Å²) in [5.74, 6) is -0.475. The van der Waals surface area contributed by atoms with Gasteiger partial charge in [-0.2, -0.15) is 0 Å². The number of anilines is 1. The Morgan fingerprint density at radius 1 is 1.21 bits per heavy atom. The first-order chi connectivity index (χ1) is 9.09. The summed E-state index contributed by atoms with van der Waals surface area (Å²) < 4.78 is 22.4. The SMILES string of the molecule is CCOC(=O)CNP(=O)(Nc1ccccc1)OCC. The molecule has 0 spiro atoms. The third-order valence-corrected chi connectivity index (χ3v) is 3.85. The van der Waals surface area contributed by atoms with Gasteiger partial charge in [0.15, 0.2) is 0 Å². The first-order valence-electron chi connectivity index (χ1n) is 6.08. The minimum Gasteiger partial charge on any atom is -0.465 e. The van der Waals surface area contributed by atoms with Crippen LogP contribution in [-0.4, -0.2) is 25.7 Å². The van der Waals surface area contributed by atoms with Gasteiger partial charge in [-0.05, 0) is 26.0 Å². The topological polar surface area (TPSA) is 76.7 Å². The predicted octanol–water partition coefficient (Wildman–Crippen LogP) is 2.40. The van der Waals surface area contributed by atoms with Crippen molar-refractivity contribution in [3.05, 3.63) is 30.3 Å². The van der Waals surface area contributed by atoms with Gasteiger partial charge < -0.3 is 14.3 Å². The van der Waals surface area contributed by atoms with Gasteiger partial charge in [-0.15, -0.1) is 0 Å². The standard InChI is InChI=1S/C12H19N2O4P/c1-3-17-12(15)10-13-19(16,18-4-2)14-11-8-6-5-7-9-11/h5-9H,3-4,10H2,1-2H3,(H2,13,14,16). The average molecular weight is 286 g/mol. The molecule has 0 aliphatic rings. The number of rotatable bonds is 8. The quantitative estimate of drug-likeness (QED) is 0.564. The molecule has 0 saturated heterocycles. The zero-order chi connectivity index (χ0) is 14.1. The number of benzene rings is 1. The van der Waals surface area contributed by atoms with Crippen LogP contribution in [0.3, 0.4) is 0 Å². The molecule has 0 radical (unpaired) electrons.